The fraction of sp³-hybridized carbons (Fsp3) is 0.875. The molecule has 0 aromatic rings. The topological polar surface area (TPSA) is 175 Å². The number of allylic oxidation sites excluding steroid dienone is 5. The molecule has 1 amide bonds. The highest BCUT2D eigenvalue weighted by atomic mass is 16.7. The Kier molecular flexibility index (Phi) is 49.7. The Labute approximate surface area is 460 Å². The molecule has 11 heteroatoms. The van der Waals surface area contributed by atoms with Crippen molar-refractivity contribution >= 4 is 11.9 Å². The maximum Gasteiger partial charge on any atom is 0.306 e. The van der Waals surface area contributed by atoms with E-state index in [1.54, 1.807) is 6.08 Å². The van der Waals surface area contributed by atoms with Crippen LogP contribution in [0.1, 0.15) is 297 Å². The summed E-state index contributed by atoms with van der Waals surface area (Å²) >= 11 is 0. The number of unbranched alkanes of at least 4 members (excludes halogenated alkanes) is 36. The number of amides is 1. The smallest absolute Gasteiger partial charge is 0.306 e. The summed E-state index contributed by atoms with van der Waals surface area (Å²) in [6.45, 7) is 5.77. The number of aliphatic hydroxyl groups is 5. The number of hydrogen-bond acceptors (Lipinski definition) is 10. The van der Waals surface area contributed by atoms with Crippen LogP contribution in [0.3, 0.4) is 0 Å². The molecule has 0 aromatic heterocycles. The van der Waals surface area contributed by atoms with Crippen molar-refractivity contribution in [3.8, 4) is 0 Å². The van der Waals surface area contributed by atoms with Gasteiger partial charge in [0.15, 0.2) is 12.4 Å². The van der Waals surface area contributed by atoms with Gasteiger partial charge in [-0.15, -0.1) is 0 Å². The highest BCUT2D eigenvalue weighted by molar-refractivity contribution is 5.80. The van der Waals surface area contributed by atoms with E-state index in [-0.39, 0.29) is 13.0 Å². The van der Waals surface area contributed by atoms with Gasteiger partial charge in [0.1, 0.15) is 24.4 Å². The van der Waals surface area contributed by atoms with Crippen LogP contribution in [0.15, 0.2) is 36.5 Å². The van der Waals surface area contributed by atoms with Crippen LogP contribution in [0.5, 0.6) is 0 Å². The summed E-state index contributed by atoms with van der Waals surface area (Å²) in [7, 11) is 0. The number of ether oxygens (including phenoxy) is 3. The molecule has 1 aliphatic heterocycles. The number of aliphatic hydroxyl groups excluding tert-OH is 5. The van der Waals surface area contributed by atoms with Crippen LogP contribution in [-0.4, -0.2) is 99.6 Å². The molecule has 0 radical (unpaired) electrons. The van der Waals surface area contributed by atoms with Gasteiger partial charge in [-0.1, -0.05) is 269 Å². The monoisotopic (exact) mass is 1060 g/mol. The van der Waals surface area contributed by atoms with Crippen molar-refractivity contribution in [2.75, 3.05) is 13.2 Å². The highest BCUT2D eigenvalue weighted by Crippen LogP contribution is 2.26. The van der Waals surface area contributed by atoms with E-state index in [9.17, 15) is 35.1 Å². The van der Waals surface area contributed by atoms with Crippen molar-refractivity contribution in [1.82, 2.24) is 5.32 Å². The van der Waals surface area contributed by atoms with Gasteiger partial charge >= 0.3 is 5.97 Å². The molecule has 1 aliphatic rings. The molecule has 1 saturated heterocycles. The molecule has 0 bridgehead atoms. The fourth-order valence-electron chi connectivity index (χ4n) is 9.98. The van der Waals surface area contributed by atoms with E-state index in [1.165, 1.54) is 186 Å². The van der Waals surface area contributed by atoms with Gasteiger partial charge in [0, 0.05) is 6.42 Å². The summed E-state index contributed by atoms with van der Waals surface area (Å²) in [5.74, 6) is -1.19. The lowest BCUT2D eigenvalue weighted by atomic mass is 9.99. The molecule has 0 saturated carbocycles. The number of esters is 1. The van der Waals surface area contributed by atoms with Gasteiger partial charge in [0.25, 0.3) is 0 Å². The largest absolute Gasteiger partial charge is 0.454 e. The van der Waals surface area contributed by atoms with E-state index in [4.69, 9.17) is 14.2 Å². The maximum atomic E-state index is 13.4. The van der Waals surface area contributed by atoms with Crippen molar-refractivity contribution < 1.29 is 49.3 Å². The molecule has 11 nitrogen and oxygen atoms in total. The molecule has 8 atom stereocenters. The van der Waals surface area contributed by atoms with Gasteiger partial charge < -0.3 is 45.1 Å². The van der Waals surface area contributed by atoms with Crippen molar-refractivity contribution in [3.05, 3.63) is 36.5 Å². The van der Waals surface area contributed by atoms with Crippen LogP contribution in [-0.2, 0) is 23.8 Å². The maximum absolute atomic E-state index is 13.4. The molecule has 0 aromatic carbocycles. The van der Waals surface area contributed by atoms with Crippen molar-refractivity contribution in [3.63, 3.8) is 0 Å². The van der Waals surface area contributed by atoms with E-state index < -0.39 is 67.4 Å². The normalized spacial score (nSPS) is 19.4. The second-order valence-corrected chi connectivity index (χ2v) is 22.1. The summed E-state index contributed by atoms with van der Waals surface area (Å²) in [5, 5.41) is 57.0. The van der Waals surface area contributed by atoms with Gasteiger partial charge in [-0.25, -0.2) is 0 Å². The van der Waals surface area contributed by atoms with Crippen LogP contribution in [0, 0.1) is 0 Å². The Morgan fingerprint density at radius 1 is 0.520 bits per heavy atom. The molecule has 440 valence electrons. The first-order chi connectivity index (χ1) is 36.7. The molecule has 6 N–H and O–H groups in total. The lowest BCUT2D eigenvalue weighted by molar-refractivity contribution is -0.305. The highest BCUT2D eigenvalue weighted by Gasteiger charge is 2.47. The third kappa shape index (κ3) is 40.7. The SMILES string of the molecule is CCCCC/C=C\C/C=C\CCCCCCCCCCCCCCC(O)C(=O)NC(COC1OC(CO)C(O)C(O)C1OC(=O)CCCCCCCCCCCCC)C(O)/C=C/CCCCCCCCCCCCC. The summed E-state index contributed by atoms with van der Waals surface area (Å²) in [4.78, 5) is 26.5. The molecular formula is C64H119NO10. The fourth-order valence-corrected chi connectivity index (χ4v) is 9.98. The summed E-state index contributed by atoms with van der Waals surface area (Å²) in [6.07, 6.45) is 51.9. The molecule has 8 unspecified atom stereocenters. The first kappa shape index (κ1) is 70.9. The third-order valence-corrected chi connectivity index (χ3v) is 15.0. The lowest BCUT2D eigenvalue weighted by Gasteiger charge is -2.41. The Bertz CT molecular complexity index is 1360. The molecular weight excluding hydrogens is 943 g/mol. The molecule has 75 heavy (non-hydrogen) atoms. The van der Waals surface area contributed by atoms with Crippen LogP contribution in [0.2, 0.25) is 0 Å². The molecule has 0 aliphatic carbocycles. The first-order valence-electron chi connectivity index (χ1n) is 31.8. The van der Waals surface area contributed by atoms with Gasteiger partial charge in [-0.05, 0) is 57.8 Å². The van der Waals surface area contributed by atoms with Crippen LogP contribution in [0.4, 0.5) is 0 Å². The lowest BCUT2D eigenvalue weighted by Crippen LogP contribution is -2.61. The third-order valence-electron chi connectivity index (χ3n) is 15.0. The number of rotatable bonds is 54. The van der Waals surface area contributed by atoms with E-state index in [0.29, 0.717) is 19.3 Å². The van der Waals surface area contributed by atoms with E-state index in [1.807, 2.05) is 6.08 Å². The summed E-state index contributed by atoms with van der Waals surface area (Å²) in [6, 6.07) is -1.02. The van der Waals surface area contributed by atoms with E-state index in [2.05, 4.69) is 50.4 Å². The zero-order valence-electron chi connectivity index (χ0n) is 48.7. The van der Waals surface area contributed by atoms with E-state index >= 15 is 0 Å². The van der Waals surface area contributed by atoms with Crippen molar-refractivity contribution in [2.45, 2.75) is 346 Å². The van der Waals surface area contributed by atoms with Gasteiger partial charge in [0.05, 0.1) is 25.4 Å². The predicted octanol–water partition coefficient (Wildman–Crippen LogP) is 15.1. The van der Waals surface area contributed by atoms with Crippen molar-refractivity contribution in [2.24, 2.45) is 0 Å². The Morgan fingerprint density at radius 2 is 0.920 bits per heavy atom. The predicted molar refractivity (Wildman–Crippen MR) is 311 cm³/mol. The van der Waals surface area contributed by atoms with Crippen LogP contribution in [0.25, 0.3) is 0 Å². The second-order valence-electron chi connectivity index (χ2n) is 22.1. The zero-order valence-corrected chi connectivity index (χ0v) is 48.7. The zero-order chi connectivity index (χ0) is 54.7. The minimum atomic E-state index is -1.61. The average Bonchev–Trinajstić information content (AvgIpc) is 3.41. The molecule has 1 heterocycles. The molecule has 1 rings (SSSR count). The standard InChI is InChI=1S/C64H119NO10/c1-4-7-10-13-16-19-22-24-25-26-27-28-29-30-31-32-34-37-39-42-45-48-51-57(68)63(72)65-55(56(67)50-47-44-41-38-36-33-23-20-17-14-11-8-5-2)54-73-64-62(61(71)60(70)58(53-66)74-64)75-59(69)52-49-46-43-40-35-21-18-15-12-9-6-3/h16,19,24-25,47,50,55-58,60-62,64,66-68,70-71H,4-15,17-18,20-23,26-46,48-49,51-54H2,1-3H3,(H,65,72)/b19-16-,25-24-,50-47+. The summed E-state index contributed by atoms with van der Waals surface area (Å²) in [5.41, 5.74) is 0. The molecule has 1 fully saturated rings. The van der Waals surface area contributed by atoms with Crippen LogP contribution >= 0.6 is 0 Å². The summed E-state index contributed by atoms with van der Waals surface area (Å²) < 4.78 is 17.6. The van der Waals surface area contributed by atoms with Gasteiger partial charge in [0.2, 0.25) is 5.91 Å². The number of carbonyl (C=O) groups is 2. The minimum absolute atomic E-state index is 0.128. The van der Waals surface area contributed by atoms with E-state index in [0.717, 1.165) is 64.2 Å². The first-order valence-corrected chi connectivity index (χ1v) is 31.8. The van der Waals surface area contributed by atoms with Crippen molar-refractivity contribution in [1.29, 1.82) is 0 Å². The minimum Gasteiger partial charge on any atom is -0.454 e. The Hall–Kier alpha value is -2.12. The van der Waals surface area contributed by atoms with Crippen LogP contribution < -0.4 is 5.32 Å². The Balaban J connectivity index is 2.63. The van der Waals surface area contributed by atoms with Gasteiger partial charge in [-0.3, -0.25) is 9.59 Å². The number of carbonyl (C=O) groups excluding carboxylic acids is 2. The van der Waals surface area contributed by atoms with Gasteiger partial charge in [-0.2, -0.15) is 0 Å². The number of nitrogens with one attached hydrogen (secondary N) is 1. The number of hydrogen-bond donors (Lipinski definition) is 6. The quantitative estimate of drug-likeness (QED) is 0.0195. The second kappa shape index (κ2) is 52.6. The molecule has 0 spiro atoms. The average molecular weight is 1060 g/mol. The Morgan fingerprint density at radius 3 is 1.39 bits per heavy atom.